The average molecular weight is 484 g/mol. The number of ether oxygens (including phenoxy) is 1. The molecule has 0 bridgehead atoms. The van der Waals surface area contributed by atoms with E-state index in [1.165, 1.54) is 12.1 Å². The number of aryl methyl sites for hydroxylation is 2. The molecule has 0 aliphatic carbocycles. The van der Waals surface area contributed by atoms with Gasteiger partial charge in [-0.2, -0.15) is 5.10 Å². The second kappa shape index (κ2) is 6.45. The van der Waals surface area contributed by atoms with Crippen LogP contribution in [-0.2, 0) is 13.7 Å². The lowest BCUT2D eigenvalue weighted by molar-refractivity contribution is -0.385. The summed E-state index contributed by atoms with van der Waals surface area (Å²) in [4.78, 5) is 10.3. The molecule has 21 heavy (non-hydrogen) atoms. The highest BCUT2D eigenvalue weighted by Crippen LogP contribution is 2.38. The Morgan fingerprint density at radius 2 is 1.90 bits per heavy atom. The molecule has 1 aromatic heterocycles. The van der Waals surface area contributed by atoms with Crippen LogP contribution in [-0.4, -0.2) is 14.7 Å². The van der Waals surface area contributed by atoms with Crippen molar-refractivity contribution in [1.82, 2.24) is 9.78 Å². The standard InChI is InChI=1S/C12H10Br3N3O3/c1-6-11(15)10(17(2)16-6)5-21-12-8(13)3-7(18(19)20)4-9(12)14/h3-4H,5H2,1-2H3. The number of benzene rings is 1. The summed E-state index contributed by atoms with van der Waals surface area (Å²) in [5.41, 5.74) is 1.74. The molecule has 6 nitrogen and oxygen atoms in total. The van der Waals surface area contributed by atoms with Crippen LogP contribution in [0.25, 0.3) is 0 Å². The fourth-order valence-corrected chi connectivity index (χ4v) is 3.61. The van der Waals surface area contributed by atoms with Crippen LogP contribution in [0.15, 0.2) is 25.6 Å². The molecule has 2 aromatic rings. The zero-order valence-corrected chi connectivity index (χ0v) is 15.8. The highest BCUT2D eigenvalue weighted by Gasteiger charge is 2.17. The van der Waals surface area contributed by atoms with Gasteiger partial charge in [-0.1, -0.05) is 0 Å². The highest BCUT2D eigenvalue weighted by molar-refractivity contribution is 9.11. The van der Waals surface area contributed by atoms with Crippen molar-refractivity contribution in [3.63, 3.8) is 0 Å². The molecular weight excluding hydrogens is 474 g/mol. The van der Waals surface area contributed by atoms with Gasteiger partial charge in [-0.05, 0) is 54.7 Å². The molecule has 1 aromatic carbocycles. The zero-order valence-electron chi connectivity index (χ0n) is 11.1. The van der Waals surface area contributed by atoms with Gasteiger partial charge in [0.25, 0.3) is 5.69 Å². The Balaban J connectivity index is 2.26. The third-order valence-corrected chi connectivity index (χ3v) is 5.02. The minimum absolute atomic E-state index is 0.0151. The van der Waals surface area contributed by atoms with Gasteiger partial charge in [-0.25, -0.2) is 0 Å². The van der Waals surface area contributed by atoms with Crippen molar-refractivity contribution < 1.29 is 9.66 Å². The van der Waals surface area contributed by atoms with E-state index in [2.05, 4.69) is 52.9 Å². The number of nitrogens with zero attached hydrogens (tertiary/aromatic N) is 3. The van der Waals surface area contributed by atoms with Crippen LogP contribution >= 0.6 is 47.8 Å². The minimum atomic E-state index is -0.458. The van der Waals surface area contributed by atoms with Crippen molar-refractivity contribution in [3.8, 4) is 5.75 Å². The summed E-state index contributed by atoms with van der Waals surface area (Å²) in [6, 6.07) is 2.81. The zero-order chi connectivity index (χ0) is 15.7. The number of aromatic nitrogens is 2. The first-order valence-corrected chi connectivity index (χ1v) is 8.13. The average Bonchev–Trinajstić information content (AvgIpc) is 2.63. The number of rotatable bonds is 4. The smallest absolute Gasteiger partial charge is 0.271 e. The van der Waals surface area contributed by atoms with E-state index in [4.69, 9.17) is 4.74 Å². The van der Waals surface area contributed by atoms with Crippen molar-refractivity contribution in [2.24, 2.45) is 7.05 Å². The van der Waals surface area contributed by atoms with Crippen LogP contribution in [0.4, 0.5) is 5.69 Å². The van der Waals surface area contributed by atoms with E-state index in [9.17, 15) is 10.1 Å². The summed E-state index contributed by atoms with van der Waals surface area (Å²) in [5.74, 6) is 0.506. The van der Waals surface area contributed by atoms with E-state index in [1.807, 2.05) is 14.0 Å². The highest BCUT2D eigenvalue weighted by atomic mass is 79.9. The van der Waals surface area contributed by atoms with Crippen molar-refractivity contribution in [2.75, 3.05) is 0 Å². The van der Waals surface area contributed by atoms with Crippen molar-refractivity contribution in [3.05, 3.63) is 47.1 Å². The SMILES string of the molecule is Cc1nn(C)c(COc2c(Br)cc([N+](=O)[O-])cc2Br)c1Br. The van der Waals surface area contributed by atoms with E-state index in [1.54, 1.807) is 4.68 Å². The molecule has 0 N–H and O–H groups in total. The maximum atomic E-state index is 10.8. The second-order valence-corrected chi connectivity index (χ2v) is 6.76. The maximum Gasteiger partial charge on any atom is 0.271 e. The molecule has 2 rings (SSSR count). The Hall–Kier alpha value is -0.930. The summed E-state index contributed by atoms with van der Waals surface area (Å²) in [5, 5.41) is 15.1. The van der Waals surface area contributed by atoms with Crippen LogP contribution in [0, 0.1) is 17.0 Å². The van der Waals surface area contributed by atoms with Crippen LogP contribution in [0.2, 0.25) is 0 Å². The molecule has 0 fully saturated rings. The van der Waals surface area contributed by atoms with Crippen LogP contribution in [0.3, 0.4) is 0 Å². The van der Waals surface area contributed by atoms with Gasteiger partial charge in [0.2, 0.25) is 0 Å². The Morgan fingerprint density at radius 3 is 2.33 bits per heavy atom. The van der Waals surface area contributed by atoms with Crippen molar-refractivity contribution in [2.45, 2.75) is 13.5 Å². The Kier molecular flexibility index (Phi) is 5.05. The number of nitro groups is 1. The monoisotopic (exact) mass is 481 g/mol. The van der Waals surface area contributed by atoms with Crippen molar-refractivity contribution >= 4 is 53.5 Å². The molecular formula is C12H10Br3N3O3. The van der Waals surface area contributed by atoms with Gasteiger partial charge < -0.3 is 4.74 Å². The third-order valence-electron chi connectivity index (χ3n) is 2.81. The first-order chi connectivity index (χ1) is 9.81. The van der Waals surface area contributed by atoms with E-state index >= 15 is 0 Å². The van der Waals surface area contributed by atoms with Crippen LogP contribution in [0.5, 0.6) is 5.75 Å². The molecule has 0 atom stereocenters. The molecule has 0 radical (unpaired) electrons. The topological polar surface area (TPSA) is 70.2 Å². The minimum Gasteiger partial charge on any atom is -0.485 e. The van der Waals surface area contributed by atoms with E-state index in [-0.39, 0.29) is 12.3 Å². The predicted molar refractivity (Wildman–Crippen MR) is 88.5 cm³/mol. The van der Waals surface area contributed by atoms with Gasteiger partial charge in [0, 0.05) is 19.2 Å². The number of hydrogen-bond donors (Lipinski definition) is 0. The molecule has 1 heterocycles. The van der Waals surface area contributed by atoms with Crippen molar-refractivity contribution in [1.29, 1.82) is 0 Å². The third kappa shape index (κ3) is 3.46. The second-order valence-electron chi connectivity index (χ2n) is 4.25. The predicted octanol–water partition coefficient (Wildman–Crippen LogP) is 4.50. The summed E-state index contributed by atoms with van der Waals surface area (Å²) in [6.45, 7) is 2.18. The summed E-state index contributed by atoms with van der Waals surface area (Å²) < 4.78 is 9.40. The molecule has 0 aliphatic heterocycles. The Bertz CT molecular complexity index is 692. The van der Waals surface area contributed by atoms with E-state index < -0.39 is 4.92 Å². The number of hydrogen-bond acceptors (Lipinski definition) is 4. The normalized spacial score (nSPS) is 10.7. The van der Waals surface area contributed by atoms with Gasteiger partial charge in [0.05, 0.1) is 29.7 Å². The molecule has 0 aliphatic rings. The molecule has 0 spiro atoms. The molecule has 112 valence electrons. The van der Waals surface area contributed by atoms with Crippen LogP contribution in [0.1, 0.15) is 11.4 Å². The van der Waals surface area contributed by atoms with Gasteiger partial charge in [0.15, 0.2) is 0 Å². The van der Waals surface area contributed by atoms with Gasteiger partial charge in [-0.15, -0.1) is 0 Å². The molecule has 0 saturated heterocycles. The van der Waals surface area contributed by atoms with E-state index in [0.29, 0.717) is 14.7 Å². The summed E-state index contributed by atoms with van der Waals surface area (Å²) in [7, 11) is 1.83. The summed E-state index contributed by atoms with van der Waals surface area (Å²) >= 11 is 10.0. The fraction of sp³-hybridized carbons (Fsp3) is 0.250. The number of non-ortho nitro benzene ring substituents is 1. The van der Waals surface area contributed by atoms with E-state index in [0.717, 1.165) is 15.9 Å². The molecule has 9 heteroatoms. The van der Waals surface area contributed by atoms with Gasteiger partial charge in [0.1, 0.15) is 12.4 Å². The molecule has 0 amide bonds. The first kappa shape index (κ1) is 16.4. The lowest BCUT2D eigenvalue weighted by Crippen LogP contribution is -2.04. The lowest BCUT2D eigenvalue weighted by atomic mass is 10.3. The Morgan fingerprint density at radius 1 is 1.33 bits per heavy atom. The maximum absolute atomic E-state index is 10.8. The number of halogens is 3. The fourth-order valence-electron chi connectivity index (χ4n) is 1.77. The van der Waals surface area contributed by atoms with Gasteiger partial charge >= 0.3 is 0 Å². The lowest BCUT2D eigenvalue weighted by Gasteiger charge is -2.11. The number of nitro benzene ring substituents is 1. The summed E-state index contributed by atoms with van der Waals surface area (Å²) in [6.07, 6.45) is 0. The quantitative estimate of drug-likeness (QED) is 0.474. The Labute approximate surface area is 146 Å². The van der Waals surface area contributed by atoms with Gasteiger partial charge in [-0.3, -0.25) is 14.8 Å². The largest absolute Gasteiger partial charge is 0.485 e. The van der Waals surface area contributed by atoms with Crippen LogP contribution < -0.4 is 4.74 Å². The first-order valence-electron chi connectivity index (χ1n) is 5.75. The molecule has 0 unspecified atom stereocenters. The molecule has 0 saturated carbocycles.